The van der Waals surface area contributed by atoms with Crippen LogP contribution in [0.3, 0.4) is 0 Å². The number of hydrogen-bond acceptors (Lipinski definition) is 2. The van der Waals surface area contributed by atoms with Gasteiger partial charge in [0.25, 0.3) is 6.43 Å². The Kier molecular flexibility index (Phi) is 1.89. The van der Waals surface area contributed by atoms with Gasteiger partial charge in [0.1, 0.15) is 5.69 Å². The molecular weight excluding hydrogens is 188 g/mol. The van der Waals surface area contributed by atoms with Crippen molar-refractivity contribution in [3.8, 4) is 6.07 Å². The predicted molar refractivity (Wildman–Crippen MR) is 45.8 cm³/mol. The van der Waals surface area contributed by atoms with Crippen molar-refractivity contribution in [1.82, 2.24) is 10.2 Å². The molecule has 0 aliphatic carbocycles. The van der Waals surface area contributed by atoms with E-state index in [-0.39, 0.29) is 5.69 Å². The zero-order valence-electron chi connectivity index (χ0n) is 6.96. The first-order chi connectivity index (χ1) is 6.72. The second-order valence-electron chi connectivity index (χ2n) is 2.78. The van der Waals surface area contributed by atoms with Crippen LogP contribution in [0.4, 0.5) is 8.78 Å². The van der Waals surface area contributed by atoms with E-state index in [4.69, 9.17) is 5.26 Å². The lowest BCUT2D eigenvalue weighted by Gasteiger charge is -1.94. The van der Waals surface area contributed by atoms with Gasteiger partial charge in [-0.1, -0.05) is 0 Å². The maximum absolute atomic E-state index is 12.4. The molecule has 0 radical (unpaired) electrons. The fourth-order valence-electron chi connectivity index (χ4n) is 1.27. The topological polar surface area (TPSA) is 52.5 Å². The van der Waals surface area contributed by atoms with Gasteiger partial charge in [-0.05, 0) is 18.2 Å². The minimum Gasteiger partial charge on any atom is -0.276 e. The maximum atomic E-state index is 12.4. The number of fused-ring (bicyclic) bond motifs is 1. The number of benzene rings is 1. The molecule has 0 fully saturated rings. The van der Waals surface area contributed by atoms with Crippen molar-refractivity contribution < 1.29 is 8.78 Å². The molecule has 0 saturated heterocycles. The third kappa shape index (κ3) is 1.21. The van der Waals surface area contributed by atoms with E-state index in [0.717, 1.165) is 0 Å². The SMILES string of the molecule is N#Cc1ccc2n[nH]c(C(F)F)c2c1. The molecule has 1 aromatic heterocycles. The third-order valence-corrected chi connectivity index (χ3v) is 1.93. The Morgan fingerprint density at radius 3 is 2.86 bits per heavy atom. The van der Waals surface area contributed by atoms with Crippen molar-refractivity contribution in [2.45, 2.75) is 6.43 Å². The van der Waals surface area contributed by atoms with Gasteiger partial charge in [0, 0.05) is 5.39 Å². The minimum absolute atomic E-state index is 0.239. The van der Waals surface area contributed by atoms with Crippen molar-refractivity contribution in [2.24, 2.45) is 0 Å². The van der Waals surface area contributed by atoms with Crippen LogP contribution in [0.5, 0.6) is 0 Å². The zero-order chi connectivity index (χ0) is 10.1. The van der Waals surface area contributed by atoms with Crippen LogP contribution in [0.1, 0.15) is 17.7 Å². The van der Waals surface area contributed by atoms with Gasteiger partial charge in [-0.3, -0.25) is 5.10 Å². The van der Waals surface area contributed by atoms with Crippen molar-refractivity contribution in [1.29, 1.82) is 5.26 Å². The largest absolute Gasteiger partial charge is 0.280 e. The Balaban J connectivity index is 2.71. The number of halogens is 2. The van der Waals surface area contributed by atoms with E-state index in [1.807, 2.05) is 6.07 Å². The molecule has 0 aliphatic heterocycles. The van der Waals surface area contributed by atoms with Crippen LogP contribution < -0.4 is 0 Å². The van der Waals surface area contributed by atoms with Crippen LogP contribution >= 0.6 is 0 Å². The van der Waals surface area contributed by atoms with Crippen LogP contribution in [0.15, 0.2) is 18.2 Å². The lowest BCUT2D eigenvalue weighted by molar-refractivity contribution is 0.147. The summed E-state index contributed by atoms with van der Waals surface area (Å²) in [5.74, 6) is 0. The Hall–Kier alpha value is -1.96. The van der Waals surface area contributed by atoms with Gasteiger partial charge < -0.3 is 0 Å². The molecular formula is C9H5F2N3. The summed E-state index contributed by atoms with van der Waals surface area (Å²) in [4.78, 5) is 0. The number of aromatic nitrogens is 2. The average molecular weight is 193 g/mol. The van der Waals surface area contributed by atoms with Gasteiger partial charge in [-0.25, -0.2) is 8.78 Å². The van der Waals surface area contributed by atoms with E-state index in [1.54, 1.807) is 6.07 Å². The van der Waals surface area contributed by atoms with Crippen LogP contribution in [0.25, 0.3) is 10.9 Å². The molecule has 0 bridgehead atoms. The minimum atomic E-state index is -2.60. The molecule has 0 spiro atoms. The maximum Gasteiger partial charge on any atom is 0.280 e. The molecule has 0 amide bonds. The number of H-pyrrole nitrogens is 1. The van der Waals surface area contributed by atoms with E-state index in [0.29, 0.717) is 16.5 Å². The summed E-state index contributed by atoms with van der Waals surface area (Å²) in [6.07, 6.45) is -2.60. The van der Waals surface area contributed by atoms with Crippen LogP contribution in [-0.2, 0) is 0 Å². The van der Waals surface area contributed by atoms with E-state index in [1.165, 1.54) is 12.1 Å². The highest BCUT2D eigenvalue weighted by Crippen LogP contribution is 2.25. The highest BCUT2D eigenvalue weighted by molar-refractivity contribution is 5.82. The predicted octanol–water partition coefficient (Wildman–Crippen LogP) is 2.37. The highest BCUT2D eigenvalue weighted by Gasteiger charge is 2.14. The summed E-state index contributed by atoms with van der Waals surface area (Å²) in [5, 5.41) is 14.9. The molecule has 0 atom stereocenters. The Morgan fingerprint density at radius 1 is 1.43 bits per heavy atom. The molecule has 2 rings (SSSR count). The Labute approximate surface area is 78.0 Å². The summed E-state index contributed by atoms with van der Waals surface area (Å²) in [7, 11) is 0. The van der Waals surface area contributed by atoms with Crippen LogP contribution in [0.2, 0.25) is 0 Å². The van der Waals surface area contributed by atoms with Gasteiger partial charge in [0.05, 0.1) is 17.1 Å². The standard InChI is InChI=1S/C9H5F2N3/c10-9(11)8-6-3-5(4-12)1-2-7(6)13-14-8/h1-3,9H,(H,13,14). The second-order valence-corrected chi connectivity index (χ2v) is 2.78. The summed E-state index contributed by atoms with van der Waals surface area (Å²) in [5.41, 5.74) is 0.553. The highest BCUT2D eigenvalue weighted by atomic mass is 19.3. The summed E-state index contributed by atoms with van der Waals surface area (Å²) in [6.45, 7) is 0. The summed E-state index contributed by atoms with van der Waals surface area (Å²) < 4.78 is 24.8. The molecule has 3 nitrogen and oxygen atoms in total. The number of nitrogens with zero attached hydrogens (tertiary/aromatic N) is 2. The van der Waals surface area contributed by atoms with Gasteiger partial charge in [-0.15, -0.1) is 0 Å². The van der Waals surface area contributed by atoms with Gasteiger partial charge in [0.2, 0.25) is 0 Å². The second kappa shape index (κ2) is 3.07. The third-order valence-electron chi connectivity index (χ3n) is 1.93. The number of nitrogens with one attached hydrogen (secondary N) is 1. The average Bonchev–Trinajstić information content (AvgIpc) is 2.59. The van der Waals surface area contributed by atoms with E-state index in [2.05, 4.69) is 10.2 Å². The number of alkyl halides is 2. The molecule has 70 valence electrons. The fourth-order valence-corrected chi connectivity index (χ4v) is 1.27. The summed E-state index contributed by atoms with van der Waals surface area (Å²) >= 11 is 0. The molecule has 0 saturated carbocycles. The van der Waals surface area contributed by atoms with Crippen LogP contribution in [-0.4, -0.2) is 10.2 Å². The molecule has 14 heavy (non-hydrogen) atoms. The molecule has 1 heterocycles. The first-order valence-corrected chi connectivity index (χ1v) is 3.88. The first-order valence-electron chi connectivity index (χ1n) is 3.88. The zero-order valence-corrected chi connectivity index (χ0v) is 6.96. The number of hydrogen-bond donors (Lipinski definition) is 1. The Bertz CT molecular complexity index is 510. The lowest BCUT2D eigenvalue weighted by atomic mass is 10.1. The number of rotatable bonds is 1. The molecule has 2 aromatic rings. The Morgan fingerprint density at radius 2 is 2.21 bits per heavy atom. The van der Waals surface area contributed by atoms with Gasteiger partial charge in [0.15, 0.2) is 0 Å². The first kappa shape index (κ1) is 8.63. The van der Waals surface area contributed by atoms with Gasteiger partial charge in [-0.2, -0.15) is 10.4 Å². The number of nitriles is 1. The monoisotopic (exact) mass is 193 g/mol. The molecule has 1 aromatic carbocycles. The van der Waals surface area contributed by atoms with Crippen molar-refractivity contribution in [3.05, 3.63) is 29.5 Å². The van der Waals surface area contributed by atoms with Gasteiger partial charge >= 0.3 is 0 Å². The van der Waals surface area contributed by atoms with E-state index >= 15 is 0 Å². The van der Waals surface area contributed by atoms with Crippen LogP contribution in [0, 0.1) is 11.3 Å². The molecule has 0 unspecified atom stereocenters. The number of aromatic amines is 1. The summed E-state index contributed by atoms with van der Waals surface area (Å²) in [6, 6.07) is 6.37. The normalized spacial score (nSPS) is 10.7. The molecule has 1 N–H and O–H groups in total. The fraction of sp³-hybridized carbons (Fsp3) is 0.111. The quantitative estimate of drug-likeness (QED) is 0.755. The van der Waals surface area contributed by atoms with Crippen molar-refractivity contribution in [2.75, 3.05) is 0 Å². The molecule has 5 heteroatoms. The van der Waals surface area contributed by atoms with E-state index in [9.17, 15) is 8.78 Å². The lowest BCUT2D eigenvalue weighted by Crippen LogP contribution is -1.84. The van der Waals surface area contributed by atoms with Crippen molar-refractivity contribution >= 4 is 10.9 Å². The molecule has 0 aliphatic rings. The smallest absolute Gasteiger partial charge is 0.276 e. The van der Waals surface area contributed by atoms with E-state index < -0.39 is 6.43 Å². The van der Waals surface area contributed by atoms with Crippen molar-refractivity contribution in [3.63, 3.8) is 0 Å².